The van der Waals surface area contributed by atoms with Crippen molar-refractivity contribution in [3.8, 4) is 11.8 Å². The number of aliphatic hydroxyl groups is 2. The Hall–Kier alpha value is -1.66. The van der Waals surface area contributed by atoms with E-state index in [0.717, 1.165) is 10.9 Å². The van der Waals surface area contributed by atoms with Gasteiger partial charge in [-0.25, -0.2) is 9.59 Å². The van der Waals surface area contributed by atoms with Crippen LogP contribution in [0, 0.1) is 11.8 Å². The highest BCUT2D eigenvalue weighted by atomic mass is 35.5. The number of alkyl halides is 1. The van der Waals surface area contributed by atoms with E-state index in [1.165, 1.54) is 13.8 Å². The summed E-state index contributed by atoms with van der Waals surface area (Å²) in [6.07, 6.45) is -3.66. The van der Waals surface area contributed by atoms with E-state index in [1.807, 2.05) is 4.98 Å². The van der Waals surface area contributed by atoms with Crippen LogP contribution in [0.5, 0.6) is 0 Å². The Morgan fingerprint density at radius 3 is 2.81 bits per heavy atom. The number of aromatic nitrogens is 3. The fraction of sp³-hybridized carbons (Fsp3) is 0.583. The third-order valence-electron chi connectivity index (χ3n) is 3.18. The van der Waals surface area contributed by atoms with Crippen LogP contribution in [0.1, 0.15) is 20.1 Å². The second-order valence-electron chi connectivity index (χ2n) is 4.67. The molecular formula is C12H14ClN3O5. The highest BCUT2D eigenvalue weighted by molar-refractivity contribution is 6.27. The first-order valence-electron chi connectivity index (χ1n) is 6.13. The SMILES string of the molecule is CC#CC1(Cl)[C@@H](O)[C@@H]([C@@H](C)O)O[C@H]1n1cnc(=O)[nH]c1=O. The second-order valence-corrected chi connectivity index (χ2v) is 5.29. The molecule has 1 aliphatic heterocycles. The molecule has 1 unspecified atom stereocenters. The zero-order valence-corrected chi connectivity index (χ0v) is 12.0. The number of halogens is 1. The quantitative estimate of drug-likeness (QED) is 0.455. The number of ether oxygens (including phenoxy) is 1. The number of nitrogens with one attached hydrogen (secondary N) is 1. The van der Waals surface area contributed by atoms with Crippen LogP contribution >= 0.6 is 11.6 Å². The molecular weight excluding hydrogens is 302 g/mol. The van der Waals surface area contributed by atoms with Crippen LogP contribution in [0.4, 0.5) is 0 Å². The van der Waals surface area contributed by atoms with Crippen LogP contribution < -0.4 is 11.4 Å². The molecule has 2 rings (SSSR count). The number of hydrogen-bond acceptors (Lipinski definition) is 6. The summed E-state index contributed by atoms with van der Waals surface area (Å²) >= 11 is 6.33. The maximum atomic E-state index is 11.8. The lowest BCUT2D eigenvalue weighted by Gasteiger charge is -2.25. The molecule has 21 heavy (non-hydrogen) atoms. The van der Waals surface area contributed by atoms with Gasteiger partial charge in [0, 0.05) is 0 Å². The van der Waals surface area contributed by atoms with Crippen molar-refractivity contribution in [1.29, 1.82) is 0 Å². The Morgan fingerprint density at radius 1 is 1.62 bits per heavy atom. The Labute approximate surface area is 124 Å². The lowest BCUT2D eigenvalue weighted by molar-refractivity contribution is -0.0776. The summed E-state index contributed by atoms with van der Waals surface area (Å²) in [6, 6.07) is 0. The summed E-state index contributed by atoms with van der Waals surface area (Å²) in [6.45, 7) is 2.93. The van der Waals surface area contributed by atoms with Crippen molar-refractivity contribution in [2.24, 2.45) is 0 Å². The van der Waals surface area contributed by atoms with Gasteiger partial charge in [0.1, 0.15) is 18.5 Å². The van der Waals surface area contributed by atoms with Crippen molar-refractivity contribution in [2.75, 3.05) is 0 Å². The van der Waals surface area contributed by atoms with E-state index >= 15 is 0 Å². The summed E-state index contributed by atoms with van der Waals surface area (Å²) < 4.78 is 6.40. The molecule has 114 valence electrons. The van der Waals surface area contributed by atoms with Crippen molar-refractivity contribution in [3.63, 3.8) is 0 Å². The monoisotopic (exact) mass is 315 g/mol. The zero-order valence-electron chi connectivity index (χ0n) is 11.3. The molecule has 0 aromatic carbocycles. The summed E-state index contributed by atoms with van der Waals surface area (Å²) in [5.74, 6) is 5.16. The molecule has 1 aliphatic rings. The van der Waals surface area contributed by atoms with E-state index in [0.29, 0.717) is 0 Å². The Bertz CT molecular complexity index is 703. The molecule has 5 atom stereocenters. The fourth-order valence-corrected chi connectivity index (χ4v) is 2.58. The van der Waals surface area contributed by atoms with Crippen LogP contribution in [0.3, 0.4) is 0 Å². The third-order valence-corrected chi connectivity index (χ3v) is 3.68. The van der Waals surface area contributed by atoms with Crippen LogP contribution in [0.25, 0.3) is 0 Å². The number of aromatic amines is 1. The third kappa shape index (κ3) is 2.61. The summed E-state index contributed by atoms with van der Waals surface area (Å²) in [5.41, 5.74) is -1.62. The van der Waals surface area contributed by atoms with Crippen molar-refractivity contribution in [3.05, 3.63) is 27.3 Å². The van der Waals surface area contributed by atoms with Crippen molar-refractivity contribution in [2.45, 2.75) is 43.3 Å². The molecule has 0 amide bonds. The largest absolute Gasteiger partial charge is 0.391 e. The average molecular weight is 316 g/mol. The molecule has 2 heterocycles. The minimum absolute atomic E-state index is 0.804. The maximum absolute atomic E-state index is 11.8. The standard InChI is InChI=1S/C12H14ClN3O5/c1-3-4-12(13)8(18)7(6(2)17)21-9(12)16-5-14-10(19)15-11(16)20/h5-9,17-18H,1-2H3,(H,15,19,20)/t6-,7-,8+,9-,12?/m1/s1. The van der Waals surface area contributed by atoms with Gasteiger partial charge in [0.15, 0.2) is 11.1 Å². The first kappa shape index (κ1) is 15.7. The normalized spacial score (nSPS) is 33.3. The predicted molar refractivity (Wildman–Crippen MR) is 72.7 cm³/mol. The average Bonchev–Trinajstić information content (AvgIpc) is 2.64. The molecule has 0 aliphatic carbocycles. The number of H-pyrrole nitrogens is 1. The van der Waals surface area contributed by atoms with Crippen LogP contribution in [0.2, 0.25) is 0 Å². The molecule has 0 spiro atoms. The van der Waals surface area contributed by atoms with Gasteiger partial charge in [-0.3, -0.25) is 9.55 Å². The van der Waals surface area contributed by atoms with Crippen molar-refractivity contribution >= 4 is 11.6 Å². The fourth-order valence-electron chi connectivity index (χ4n) is 2.20. The van der Waals surface area contributed by atoms with Gasteiger partial charge < -0.3 is 14.9 Å². The van der Waals surface area contributed by atoms with Gasteiger partial charge in [0.05, 0.1) is 6.10 Å². The van der Waals surface area contributed by atoms with E-state index < -0.39 is 40.8 Å². The summed E-state index contributed by atoms with van der Waals surface area (Å²) in [5, 5.41) is 19.9. The molecule has 0 bridgehead atoms. The molecule has 1 saturated heterocycles. The van der Waals surface area contributed by atoms with Gasteiger partial charge >= 0.3 is 11.4 Å². The molecule has 9 heteroatoms. The van der Waals surface area contributed by atoms with Gasteiger partial charge in [0.25, 0.3) is 0 Å². The lowest BCUT2D eigenvalue weighted by atomic mass is 9.97. The molecule has 3 N–H and O–H groups in total. The summed E-state index contributed by atoms with van der Waals surface area (Å²) in [7, 11) is 0. The predicted octanol–water partition coefficient (Wildman–Crippen LogP) is -1.43. The van der Waals surface area contributed by atoms with Crippen LogP contribution in [0.15, 0.2) is 15.9 Å². The molecule has 1 aromatic heterocycles. The highest BCUT2D eigenvalue weighted by Crippen LogP contribution is 2.43. The van der Waals surface area contributed by atoms with Gasteiger partial charge in [-0.2, -0.15) is 4.98 Å². The van der Waals surface area contributed by atoms with E-state index in [2.05, 4.69) is 16.8 Å². The number of hydrogen-bond donors (Lipinski definition) is 3. The molecule has 0 saturated carbocycles. The molecule has 0 radical (unpaired) electrons. The Kier molecular flexibility index (Phi) is 4.20. The lowest BCUT2D eigenvalue weighted by Crippen LogP contribution is -2.45. The minimum Gasteiger partial charge on any atom is -0.391 e. The number of nitrogens with zero attached hydrogens (tertiary/aromatic N) is 2. The van der Waals surface area contributed by atoms with Gasteiger partial charge in [-0.15, -0.1) is 5.92 Å². The maximum Gasteiger partial charge on any atom is 0.350 e. The highest BCUT2D eigenvalue weighted by Gasteiger charge is 2.57. The minimum atomic E-state index is -1.65. The summed E-state index contributed by atoms with van der Waals surface area (Å²) in [4.78, 5) is 26.6. The van der Waals surface area contributed by atoms with Gasteiger partial charge in [-0.05, 0) is 13.8 Å². The first-order chi connectivity index (χ1) is 9.81. The van der Waals surface area contributed by atoms with E-state index in [-0.39, 0.29) is 0 Å². The van der Waals surface area contributed by atoms with Crippen molar-refractivity contribution in [1.82, 2.24) is 14.5 Å². The van der Waals surface area contributed by atoms with Crippen LogP contribution in [-0.2, 0) is 4.74 Å². The topological polar surface area (TPSA) is 117 Å². The molecule has 8 nitrogen and oxygen atoms in total. The molecule has 1 aromatic rings. The Balaban J connectivity index is 2.56. The Morgan fingerprint density at radius 2 is 2.29 bits per heavy atom. The van der Waals surface area contributed by atoms with Gasteiger partial charge in [-0.1, -0.05) is 17.5 Å². The van der Waals surface area contributed by atoms with E-state index in [4.69, 9.17) is 16.3 Å². The van der Waals surface area contributed by atoms with Crippen LogP contribution in [-0.4, -0.2) is 47.9 Å². The zero-order chi connectivity index (χ0) is 15.8. The number of rotatable bonds is 2. The number of aliphatic hydroxyl groups excluding tert-OH is 2. The van der Waals surface area contributed by atoms with E-state index in [1.54, 1.807) is 0 Å². The molecule has 1 fully saturated rings. The van der Waals surface area contributed by atoms with Gasteiger partial charge in [0.2, 0.25) is 0 Å². The van der Waals surface area contributed by atoms with Crippen molar-refractivity contribution < 1.29 is 14.9 Å². The van der Waals surface area contributed by atoms with E-state index in [9.17, 15) is 19.8 Å². The first-order valence-corrected chi connectivity index (χ1v) is 6.51. The smallest absolute Gasteiger partial charge is 0.350 e. The second kappa shape index (κ2) is 5.61.